The number of nitrogens with zero attached hydrogens (tertiary/aromatic N) is 3. The van der Waals surface area contributed by atoms with Gasteiger partial charge >= 0.3 is 0 Å². The van der Waals surface area contributed by atoms with Gasteiger partial charge in [0, 0.05) is 24.1 Å². The second-order valence-electron chi connectivity index (χ2n) is 5.05. The van der Waals surface area contributed by atoms with Crippen LogP contribution in [-0.2, 0) is 7.05 Å². The molecule has 4 rings (SSSR count). The Hall–Kier alpha value is -1.88. The van der Waals surface area contributed by atoms with Crippen LogP contribution in [0.25, 0.3) is 21.3 Å². The maximum atomic E-state index is 6.08. The number of hydrogen-bond donors (Lipinski definition) is 1. The SMILES string of the molecule is Cn1ncc(-c2cccc3sc(C4CC4)nc23)c1N. The third kappa shape index (κ3) is 1.65. The molecule has 2 aromatic heterocycles. The fraction of sp³-hybridized carbons (Fsp3) is 0.286. The smallest absolute Gasteiger partial charge is 0.129 e. The standard InChI is InChI=1S/C14H14N4S/c1-18-13(15)10(7-16-18)9-3-2-4-11-12(9)17-14(19-11)8-5-6-8/h2-4,7-8H,5-6,15H2,1H3. The van der Waals surface area contributed by atoms with E-state index < -0.39 is 0 Å². The number of nitrogens with two attached hydrogens (primary N) is 1. The molecule has 4 nitrogen and oxygen atoms in total. The van der Waals surface area contributed by atoms with E-state index in [0.717, 1.165) is 16.6 Å². The monoisotopic (exact) mass is 270 g/mol. The lowest BCUT2D eigenvalue weighted by atomic mass is 10.1. The Kier molecular flexibility index (Phi) is 2.20. The van der Waals surface area contributed by atoms with Crippen LogP contribution < -0.4 is 5.73 Å². The molecule has 0 unspecified atom stereocenters. The average molecular weight is 270 g/mol. The average Bonchev–Trinajstić information content (AvgIpc) is 3.09. The second kappa shape index (κ2) is 3.81. The zero-order valence-corrected chi connectivity index (χ0v) is 11.4. The number of fused-ring (bicyclic) bond motifs is 1. The van der Waals surface area contributed by atoms with Gasteiger partial charge in [0.05, 0.1) is 21.4 Å². The molecule has 3 aromatic rings. The van der Waals surface area contributed by atoms with Gasteiger partial charge in [0.15, 0.2) is 0 Å². The first-order valence-electron chi connectivity index (χ1n) is 6.41. The Morgan fingerprint density at radius 1 is 1.32 bits per heavy atom. The number of anilines is 1. The van der Waals surface area contributed by atoms with Crippen molar-refractivity contribution in [3.05, 3.63) is 29.4 Å². The highest BCUT2D eigenvalue weighted by Crippen LogP contribution is 2.44. The highest BCUT2D eigenvalue weighted by atomic mass is 32.1. The van der Waals surface area contributed by atoms with Crippen LogP contribution in [0.2, 0.25) is 0 Å². The van der Waals surface area contributed by atoms with Gasteiger partial charge in [-0.3, -0.25) is 4.68 Å². The van der Waals surface area contributed by atoms with Gasteiger partial charge in [-0.2, -0.15) is 5.10 Å². The summed E-state index contributed by atoms with van der Waals surface area (Å²) in [7, 11) is 1.86. The van der Waals surface area contributed by atoms with E-state index in [1.54, 1.807) is 4.68 Å². The maximum Gasteiger partial charge on any atom is 0.129 e. The van der Waals surface area contributed by atoms with E-state index in [-0.39, 0.29) is 0 Å². The summed E-state index contributed by atoms with van der Waals surface area (Å²) in [5.74, 6) is 1.38. The maximum absolute atomic E-state index is 6.08. The molecule has 0 spiro atoms. The minimum atomic E-state index is 0.688. The van der Waals surface area contributed by atoms with Crippen molar-refractivity contribution in [2.24, 2.45) is 7.05 Å². The van der Waals surface area contributed by atoms with Gasteiger partial charge in [0.25, 0.3) is 0 Å². The van der Waals surface area contributed by atoms with E-state index in [1.807, 2.05) is 24.6 Å². The predicted octanol–water partition coefficient (Wildman–Crippen LogP) is 3.16. The minimum Gasteiger partial charge on any atom is -0.383 e. The van der Waals surface area contributed by atoms with Crippen LogP contribution in [0.1, 0.15) is 23.8 Å². The van der Waals surface area contributed by atoms with Crippen LogP contribution in [0.15, 0.2) is 24.4 Å². The molecule has 1 aliphatic rings. The first-order valence-corrected chi connectivity index (χ1v) is 7.23. The van der Waals surface area contributed by atoms with Crippen LogP contribution in [0, 0.1) is 0 Å². The number of benzene rings is 1. The molecule has 0 radical (unpaired) electrons. The highest BCUT2D eigenvalue weighted by molar-refractivity contribution is 7.18. The Bertz CT molecular complexity index is 767. The number of para-hydroxylation sites is 1. The number of thiazole rings is 1. The van der Waals surface area contributed by atoms with Crippen molar-refractivity contribution >= 4 is 27.4 Å². The molecular weight excluding hydrogens is 256 g/mol. The van der Waals surface area contributed by atoms with Crippen molar-refractivity contribution in [3.63, 3.8) is 0 Å². The molecule has 1 fully saturated rings. The topological polar surface area (TPSA) is 56.7 Å². The van der Waals surface area contributed by atoms with Crippen LogP contribution >= 0.6 is 11.3 Å². The molecule has 0 amide bonds. The van der Waals surface area contributed by atoms with Gasteiger partial charge in [0.2, 0.25) is 0 Å². The fourth-order valence-corrected chi connectivity index (χ4v) is 3.51. The van der Waals surface area contributed by atoms with Crippen molar-refractivity contribution in [1.29, 1.82) is 0 Å². The zero-order chi connectivity index (χ0) is 13.0. The zero-order valence-electron chi connectivity index (χ0n) is 10.6. The van der Waals surface area contributed by atoms with E-state index in [2.05, 4.69) is 23.3 Å². The van der Waals surface area contributed by atoms with Crippen LogP contribution in [-0.4, -0.2) is 14.8 Å². The molecule has 19 heavy (non-hydrogen) atoms. The van der Waals surface area contributed by atoms with E-state index in [4.69, 9.17) is 10.7 Å². The van der Waals surface area contributed by atoms with Crippen LogP contribution in [0.4, 0.5) is 5.82 Å². The van der Waals surface area contributed by atoms with Crippen molar-refractivity contribution in [2.75, 3.05) is 5.73 Å². The molecule has 2 heterocycles. The summed E-state index contributed by atoms with van der Waals surface area (Å²) in [5.41, 5.74) is 9.21. The molecule has 5 heteroatoms. The quantitative estimate of drug-likeness (QED) is 0.778. The number of aryl methyl sites for hydroxylation is 1. The first kappa shape index (κ1) is 11.0. The molecule has 0 bridgehead atoms. The Morgan fingerprint density at radius 2 is 2.16 bits per heavy atom. The largest absolute Gasteiger partial charge is 0.383 e. The van der Waals surface area contributed by atoms with E-state index >= 15 is 0 Å². The highest BCUT2D eigenvalue weighted by Gasteiger charge is 2.27. The number of aromatic nitrogens is 3. The molecule has 1 aromatic carbocycles. The summed E-state index contributed by atoms with van der Waals surface area (Å²) in [6.45, 7) is 0. The Labute approximate surface area is 114 Å². The van der Waals surface area contributed by atoms with Crippen molar-refractivity contribution in [1.82, 2.24) is 14.8 Å². The van der Waals surface area contributed by atoms with Gasteiger partial charge in [-0.25, -0.2) is 4.98 Å². The van der Waals surface area contributed by atoms with E-state index in [9.17, 15) is 0 Å². The summed E-state index contributed by atoms with van der Waals surface area (Å²) in [5, 5.41) is 5.49. The fourth-order valence-electron chi connectivity index (χ4n) is 2.34. The molecule has 96 valence electrons. The normalized spacial score (nSPS) is 15.2. The molecule has 2 N–H and O–H groups in total. The minimum absolute atomic E-state index is 0.688. The molecule has 1 saturated carbocycles. The first-order chi connectivity index (χ1) is 9.24. The predicted molar refractivity (Wildman–Crippen MR) is 78.2 cm³/mol. The molecular formula is C14H14N4S. The summed E-state index contributed by atoms with van der Waals surface area (Å²) in [4.78, 5) is 4.83. The van der Waals surface area contributed by atoms with Gasteiger partial charge in [0.1, 0.15) is 5.82 Å². The second-order valence-corrected chi connectivity index (χ2v) is 6.11. The van der Waals surface area contributed by atoms with Crippen LogP contribution in [0.5, 0.6) is 0 Å². The van der Waals surface area contributed by atoms with Gasteiger partial charge in [-0.15, -0.1) is 11.3 Å². The van der Waals surface area contributed by atoms with E-state index in [1.165, 1.54) is 22.5 Å². The lowest BCUT2D eigenvalue weighted by Crippen LogP contribution is -1.98. The molecule has 0 atom stereocenters. The third-order valence-corrected chi connectivity index (χ3v) is 4.82. The van der Waals surface area contributed by atoms with Gasteiger partial charge in [-0.05, 0) is 18.9 Å². The van der Waals surface area contributed by atoms with Crippen LogP contribution in [0.3, 0.4) is 0 Å². The van der Waals surface area contributed by atoms with Gasteiger partial charge < -0.3 is 5.73 Å². The molecule has 1 aliphatic carbocycles. The van der Waals surface area contributed by atoms with Crippen molar-refractivity contribution in [2.45, 2.75) is 18.8 Å². The lowest BCUT2D eigenvalue weighted by Gasteiger charge is -2.01. The Morgan fingerprint density at radius 3 is 2.84 bits per heavy atom. The van der Waals surface area contributed by atoms with Crippen molar-refractivity contribution < 1.29 is 0 Å². The summed E-state index contributed by atoms with van der Waals surface area (Å²) in [6, 6.07) is 6.28. The summed E-state index contributed by atoms with van der Waals surface area (Å²) >= 11 is 1.81. The van der Waals surface area contributed by atoms with E-state index in [0.29, 0.717) is 11.7 Å². The summed E-state index contributed by atoms with van der Waals surface area (Å²) in [6.07, 6.45) is 4.38. The Balaban J connectivity index is 1.96. The summed E-state index contributed by atoms with van der Waals surface area (Å²) < 4.78 is 2.94. The molecule has 0 aliphatic heterocycles. The van der Waals surface area contributed by atoms with Crippen molar-refractivity contribution in [3.8, 4) is 11.1 Å². The number of rotatable bonds is 2. The third-order valence-electron chi connectivity index (χ3n) is 3.64. The number of hydrogen-bond acceptors (Lipinski definition) is 4. The van der Waals surface area contributed by atoms with Gasteiger partial charge in [-0.1, -0.05) is 12.1 Å². The molecule has 0 saturated heterocycles. The lowest BCUT2D eigenvalue weighted by molar-refractivity contribution is 0.779. The number of nitrogen functional groups attached to an aromatic ring is 1.